The maximum Gasteiger partial charge on any atom is 0.253 e. The summed E-state index contributed by atoms with van der Waals surface area (Å²) in [5.41, 5.74) is 6.31. The van der Waals surface area contributed by atoms with Crippen molar-refractivity contribution >= 4 is 23.4 Å². The highest BCUT2D eigenvalue weighted by Gasteiger charge is 2.31. The van der Waals surface area contributed by atoms with Crippen molar-refractivity contribution in [2.24, 2.45) is 5.73 Å². The van der Waals surface area contributed by atoms with Crippen molar-refractivity contribution in [3.63, 3.8) is 0 Å². The van der Waals surface area contributed by atoms with Crippen LogP contribution in [0.4, 0.5) is 5.69 Å². The highest BCUT2D eigenvalue weighted by atomic mass is 16.3. The molecule has 1 fully saturated rings. The number of para-hydroxylation sites is 1. The molecular weight excluding hydrogens is 360 g/mol. The number of amides is 3. The van der Waals surface area contributed by atoms with Gasteiger partial charge in [-0.05, 0) is 43.7 Å². The van der Waals surface area contributed by atoms with Crippen LogP contribution in [-0.4, -0.2) is 48.8 Å². The van der Waals surface area contributed by atoms with E-state index in [2.05, 4.69) is 5.32 Å². The lowest BCUT2D eigenvalue weighted by Gasteiger charge is -2.26. The van der Waals surface area contributed by atoms with Crippen LogP contribution in [0.15, 0.2) is 47.1 Å². The van der Waals surface area contributed by atoms with Gasteiger partial charge in [-0.25, -0.2) is 0 Å². The van der Waals surface area contributed by atoms with Gasteiger partial charge in [0.05, 0.1) is 36.6 Å². The number of nitrogens with zero attached hydrogens (tertiary/aromatic N) is 2. The van der Waals surface area contributed by atoms with Crippen LogP contribution in [0.1, 0.15) is 29.0 Å². The molecule has 1 aliphatic heterocycles. The number of likely N-dealkylation sites (N-methyl/N-ethyl adjacent to an activating group) is 1. The van der Waals surface area contributed by atoms with Crippen molar-refractivity contribution in [1.29, 1.82) is 0 Å². The SMILES string of the molecule is CN(C(=O)CN1CCC[C@H]1C(N)=O)c1ccccc1C(=O)NCc1ccco1. The molecule has 1 aliphatic rings. The van der Waals surface area contributed by atoms with Crippen LogP contribution in [0.2, 0.25) is 0 Å². The second kappa shape index (κ2) is 8.71. The third-order valence-electron chi connectivity index (χ3n) is 4.92. The summed E-state index contributed by atoms with van der Waals surface area (Å²) in [5, 5.41) is 2.79. The molecule has 148 valence electrons. The Balaban J connectivity index is 1.69. The number of rotatable bonds is 7. The molecule has 0 aliphatic carbocycles. The molecule has 0 spiro atoms. The molecule has 1 aromatic carbocycles. The number of nitrogens with one attached hydrogen (secondary N) is 1. The standard InChI is InChI=1S/C20H24N4O4/c1-23(18(25)13-24-10-4-9-17(24)19(21)26)16-8-3-2-7-15(16)20(27)22-12-14-6-5-11-28-14/h2-3,5-8,11,17H,4,9-10,12-13H2,1H3,(H2,21,26)(H,22,27)/t17-/m0/s1. The van der Waals surface area contributed by atoms with Crippen molar-refractivity contribution in [3.05, 3.63) is 54.0 Å². The summed E-state index contributed by atoms with van der Waals surface area (Å²) < 4.78 is 5.22. The Hall–Kier alpha value is -3.13. The normalized spacial score (nSPS) is 16.7. The highest BCUT2D eigenvalue weighted by Crippen LogP contribution is 2.21. The van der Waals surface area contributed by atoms with E-state index in [1.165, 1.54) is 4.90 Å². The number of hydrogen-bond acceptors (Lipinski definition) is 5. The minimum atomic E-state index is -0.413. The molecule has 2 heterocycles. The van der Waals surface area contributed by atoms with Crippen molar-refractivity contribution in [3.8, 4) is 0 Å². The van der Waals surface area contributed by atoms with Gasteiger partial charge in [0.15, 0.2) is 0 Å². The van der Waals surface area contributed by atoms with Gasteiger partial charge in [0, 0.05) is 7.05 Å². The van der Waals surface area contributed by atoms with E-state index in [-0.39, 0.29) is 24.9 Å². The monoisotopic (exact) mass is 384 g/mol. The third-order valence-corrected chi connectivity index (χ3v) is 4.92. The molecule has 8 heteroatoms. The fourth-order valence-electron chi connectivity index (χ4n) is 3.39. The number of carbonyl (C=O) groups is 3. The van der Waals surface area contributed by atoms with E-state index in [9.17, 15) is 14.4 Å². The topological polar surface area (TPSA) is 109 Å². The van der Waals surface area contributed by atoms with Gasteiger partial charge < -0.3 is 20.4 Å². The van der Waals surface area contributed by atoms with E-state index < -0.39 is 11.9 Å². The quantitative estimate of drug-likeness (QED) is 0.744. The summed E-state index contributed by atoms with van der Waals surface area (Å²) in [4.78, 5) is 40.2. The number of likely N-dealkylation sites (tertiary alicyclic amines) is 1. The molecular formula is C20H24N4O4. The fraction of sp³-hybridized carbons (Fsp3) is 0.350. The second-order valence-corrected chi connectivity index (χ2v) is 6.76. The summed E-state index contributed by atoms with van der Waals surface area (Å²) in [7, 11) is 1.62. The molecule has 3 amide bonds. The Labute approximate surface area is 163 Å². The van der Waals surface area contributed by atoms with Crippen molar-refractivity contribution in [2.75, 3.05) is 25.0 Å². The Kier molecular flexibility index (Phi) is 6.10. The molecule has 3 rings (SSSR count). The number of hydrogen-bond donors (Lipinski definition) is 2. The van der Waals surface area contributed by atoms with Crippen molar-refractivity contribution in [2.45, 2.75) is 25.4 Å². The van der Waals surface area contributed by atoms with Crippen molar-refractivity contribution in [1.82, 2.24) is 10.2 Å². The number of nitrogens with two attached hydrogens (primary N) is 1. The van der Waals surface area contributed by atoms with Crippen LogP contribution in [-0.2, 0) is 16.1 Å². The van der Waals surface area contributed by atoms with Crippen LogP contribution < -0.4 is 16.0 Å². The first-order chi connectivity index (χ1) is 13.5. The number of benzene rings is 1. The van der Waals surface area contributed by atoms with Crippen molar-refractivity contribution < 1.29 is 18.8 Å². The highest BCUT2D eigenvalue weighted by molar-refractivity contribution is 6.05. The predicted octanol–water partition coefficient (Wildman–Crippen LogP) is 1.12. The fourth-order valence-corrected chi connectivity index (χ4v) is 3.39. The van der Waals surface area contributed by atoms with E-state index in [0.717, 1.165) is 6.42 Å². The molecule has 0 bridgehead atoms. The average Bonchev–Trinajstić information content (AvgIpc) is 3.37. The first kappa shape index (κ1) is 19.6. The van der Waals surface area contributed by atoms with Gasteiger partial charge in [-0.3, -0.25) is 19.3 Å². The molecule has 0 saturated carbocycles. The van der Waals surface area contributed by atoms with Crippen LogP contribution >= 0.6 is 0 Å². The average molecular weight is 384 g/mol. The minimum absolute atomic E-state index is 0.0758. The summed E-state index contributed by atoms with van der Waals surface area (Å²) in [6.07, 6.45) is 3.04. The third kappa shape index (κ3) is 4.40. The van der Waals surface area contributed by atoms with Crippen LogP contribution in [0.3, 0.4) is 0 Å². The van der Waals surface area contributed by atoms with E-state index in [0.29, 0.717) is 30.0 Å². The number of carbonyl (C=O) groups excluding carboxylic acids is 3. The zero-order valence-corrected chi connectivity index (χ0v) is 15.8. The molecule has 1 saturated heterocycles. The first-order valence-electron chi connectivity index (χ1n) is 9.17. The van der Waals surface area contributed by atoms with Crippen LogP contribution in [0.5, 0.6) is 0 Å². The molecule has 3 N–H and O–H groups in total. The van der Waals surface area contributed by atoms with E-state index in [4.69, 9.17) is 10.2 Å². The summed E-state index contributed by atoms with van der Waals surface area (Å²) in [5.74, 6) is -0.283. The van der Waals surface area contributed by atoms with Gasteiger partial charge in [-0.2, -0.15) is 0 Å². The lowest BCUT2D eigenvalue weighted by Crippen LogP contribution is -2.46. The first-order valence-corrected chi connectivity index (χ1v) is 9.17. The predicted molar refractivity (Wildman–Crippen MR) is 104 cm³/mol. The second-order valence-electron chi connectivity index (χ2n) is 6.76. The Bertz CT molecular complexity index is 850. The summed E-state index contributed by atoms with van der Waals surface area (Å²) in [6.45, 7) is 0.983. The van der Waals surface area contributed by atoms with Gasteiger partial charge in [-0.1, -0.05) is 12.1 Å². The largest absolute Gasteiger partial charge is 0.467 e. The van der Waals surface area contributed by atoms with E-state index in [1.807, 2.05) is 0 Å². The molecule has 1 aromatic heterocycles. The molecule has 28 heavy (non-hydrogen) atoms. The zero-order valence-electron chi connectivity index (χ0n) is 15.8. The number of furan rings is 1. The Morgan fingerprint density at radius 3 is 2.75 bits per heavy atom. The zero-order chi connectivity index (χ0) is 20.1. The van der Waals surface area contributed by atoms with Crippen LogP contribution in [0.25, 0.3) is 0 Å². The Morgan fingerprint density at radius 2 is 2.04 bits per heavy atom. The van der Waals surface area contributed by atoms with Gasteiger partial charge in [0.1, 0.15) is 5.76 Å². The molecule has 8 nitrogen and oxygen atoms in total. The maximum absolute atomic E-state index is 12.8. The Morgan fingerprint density at radius 1 is 1.25 bits per heavy atom. The molecule has 0 unspecified atom stereocenters. The summed E-state index contributed by atoms with van der Waals surface area (Å²) >= 11 is 0. The van der Waals surface area contributed by atoms with E-state index in [1.54, 1.807) is 54.6 Å². The maximum atomic E-state index is 12.8. The van der Waals surface area contributed by atoms with Gasteiger partial charge in [0.2, 0.25) is 11.8 Å². The molecule has 1 atom stereocenters. The molecule has 2 aromatic rings. The molecule has 0 radical (unpaired) electrons. The minimum Gasteiger partial charge on any atom is -0.467 e. The van der Waals surface area contributed by atoms with E-state index >= 15 is 0 Å². The van der Waals surface area contributed by atoms with Gasteiger partial charge >= 0.3 is 0 Å². The van der Waals surface area contributed by atoms with Gasteiger partial charge in [-0.15, -0.1) is 0 Å². The number of anilines is 1. The smallest absolute Gasteiger partial charge is 0.253 e. The van der Waals surface area contributed by atoms with Crippen LogP contribution in [0, 0.1) is 0 Å². The van der Waals surface area contributed by atoms with Gasteiger partial charge in [0.25, 0.3) is 5.91 Å². The lowest BCUT2D eigenvalue weighted by molar-refractivity contribution is -0.124. The lowest BCUT2D eigenvalue weighted by atomic mass is 10.1. The summed E-state index contributed by atoms with van der Waals surface area (Å²) in [6, 6.07) is 10.0. The number of primary amides is 1.